The molecule has 0 radical (unpaired) electrons. The third-order valence-electron chi connectivity index (χ3n) is 6.15. The first-order chi connectivity index (χ1) is 18.5. The van der Waals surface area contributed by atoms with E-state index in [0.29, 0.717) is 43.4 Å². The molecule has 0 atom stereocenters. The zero-order valence-corrected chi connectivity index (χ0v) is 21.7. The summed E-state index contributed by atoms with van der Waals surface area (Å²) in [6.07, 6.45) is 0.570. The Balaban J connectivity index is 1.52. The van der Waals surface area contributed by atoms with E-state index in [2.05, 4.69) is 0 Å². The molecule has 1 amide bonds. The molecule has 0 heterocycles. The molecule has 4 rings (SSSR count). The number of carbonyl (C=O) groups is 1. The molecule has 196 valence electrons. The Morgan fingerprint density at radius 2 is 1.53 bits per heavy atom. The lowest BCUT2D eigenvalue weighted by atomic mass is 10.0. The summed E-state index contributed by atoms with van der Waals surface area (Å²) < 4.78 is 31.6. The molecule has 4 aromatic carbocycles. The van der Waals surface area contributed by atoms with Gasteiger partial charge in [-0.25, -0.2) is 4.39 Å². The Morgan fingerprint density at radius 1 is 0.816 bits per heavy atom. The van der Waals surface area contributed by atoms with Crippen molar-refractivity contribution in [2.45, 2.75) is 26.5 Å². The van der Waals surface area contributed by atoms with Crippen LogP contribution in [0.25, 0.3) is 0 Å². The number of anilines is 1. The molecular weight excluding hydrogens is 481 g/mol. The smallest absolute Gasteiger partial charge is 0.224 e. The van der Waals surface area contributed by atoms with E-state index >= 15 is 0 Å². The van der Waals surface area contributed by atoms with Crippen molar-refractivity contribution in [2.24, 2.45) is 0 Å². The fraction of sp³-hybridized carbons (Fsp3) is 0.219. The SMILES string of the molecule is COc1ccc(OCCOCc2ccccc2)c(CN(C(C)=O)c2cc(F)ccc2Cc2ccccc2)c1. The lowest BCUT2D eigenvalue weighted by Gasteiger charge is -2.26. The summed E-state index contributed by atoms with van der Waals surface area (Å²) in [5, 5.41) is 0. The van der Waals surface area contributed by atoms with Crippen LogP contribution < -0.4 is 14.4 Å². The quantitative estimate of drug-likeness (QED) is 0.201. The number of carbonyl (C=O) groups excluding carboxylic acids is 1. The number of ether oxygens (including phenoxy) is 3. The maximum atomic E-state index is 14.4. The number of rotatable bonds is 12. The second kappa shape index (κ2) is 13.4. The Bertz CT molecular complexity index is 1330. The van der Waals surface area contributed by atoms with E-state index in [1.165, 1.54) is 19.1 Å². The summed E-state index contributed by atoms with van der Waals surface area (Å²) >= 11 is 0. The molecule has 0 aliphatic carbocycles. The number of hydrogen-bond acceptors (Lipinski definition) is 4. The number of benzene rings is 4. The highest BCUT2D eigenvalue weighted by Gasteiger charge is 2.20. The van der Waals surface area contributed by atoms with Crippen LogP contribution in [0.2, 0.25) is 0 Å². The number of methoxy groups -OCH3 is 1. The van der Waals surface area contributed by atoms with Crippen LogP contribution >= 0.6 is 0 Å². The first-order valence-corrected chi connectivity index (χ1v) is 12.6. The molecule has 4 aromatic rings. The van der Waals surface area contributed by atoms with Crippen molar-refractivity contribution >= 4 is 11.6 Å². The van der Waals surface area contributed by atoms with Gasteiger partial charge in [-0.15, -0.1) is 0 Å². The van der Waals surface area contributed by atoms with Gasteiger partial charge in [0.25, 0.3) is 0 Å². The first kappa shape index (κ1) is 26.9. The molecular formula is C32H32FNO4. The average molecular weight is 514 g/mol. The zero-order valence-electron chi connectivity index (χ0n) is 21.7. The van der Waals surface area contributed by atoms with E-state index in [1.54, 1.807) is 18.1 Å². The highest BCUT2D eigenvalue weighted by atomic mass is 19.1. The molecule has 6 heteroatoms. The number of nitrogens with zero attached hydrogens (tertiary/aromatic N) is 1. The molecule has 0 fully saturated rings. The lowest BCUT2D eigenvalue weighted by Crippen LogP contribution is -2.29. The third-order valence-corrected chi connectivity index (χ3v) is 6.15. The van der Waals surface area contributed by atoms with Gasteiger partial charge in [0.2, 0.25) is 5.91 Å². The van der Waals surface area contributed by atoms with E-state index in [9.17, 15) is 9.18 Å². The largest absolute Gasteiger partial charge is 0.497 e. The van der Waals surface area contributed by atoms with Gasteiger partial charge in [0, 0.05) is 12.5 Å². The zero-order chi connectivity index (χ0) is 26.7. The maximum absolute atomic E-state index is 14.4. The molecule has 0 spiro atoms. The predicted octanol–water partition coefficient (Wildman–Crippen LogP) is 6.57. The van der Waals surface area contributed by atoms with Gasteiger partial charge in [-0.05, 0) is 53.4 Å². The molecule has 0 aliphatic rings. The van der Waals surface area contributed by atoms with Crippen molar-refractivity contribution in [1.82, 2.24) is 0 Å². The van der Waals surface area contributed by atoms with Crippen molar-refractivity contribution < 1.29 is 23.4 Å². The van der Waals surface area contributed by atoms with Gasteiger partial charge in [0.15, 0.2) is 0 Å². The lowest BCUT2D eigenvalue weighted by molar-refractivity contribution is -0.116. The summed E-state index contributed by atoms with van der Waals surface area (Å²) in [5.74, 6) is 0.645. The van der Waals surface area contributed by atoms with Gasteiger partial charge in [0.05, 0.1) is 32.6 Å². The number of hydrogen-bond donors (Lipinski definition) is 0. The molecule has 0 N–H and O–H groups in total. The van der Waals surface area contributed by atoms with E-state index in [0.717, 1.165) is 22.3 Å². The van der Waals surface area contributed by atoms with Crippen molar-refractivity contribution in [3.63, 3.8) is 0 Å². The van der Waals surface area contributed by atoms with E-state index < -0.39 is 5.82 Å². The molecule has 0 saturated heterocycles. The highest BCUT2D eigenvalue weighted by Crippen LogP contribution is 2.31. The summed E-state index contributed by atoms with van der Waals surface area (Å²) in [6, 6.07) is 29.9. The number of halogens is 1. The van der Waals surface area contributed by atoms with Gasteiger partial charge in [-0.3, -0.25) is 4.79 Å². The van der Waals surface area contributed by atoms with Gasteiger partial charge < -0.3 is 19.1 Å². The highest BCUT2D eigenvalue weighted by molar-refractivity contribution is 5.92. The Morgan fingerprint density at radius 3 is 2.21 bits per heavy atom. The van der Waals surface area contributed by atoms with Crippen LogP contribution in [0, 0.1) is 5.82 Å². The number of amides is 1. The second-order valence-electron chi connectivity index (χ2n) is 8.90. The predicted molar refractivity (Wildman–Crippen MR) is 147 cm³/mol. The van der Waals surface area contributed by atoms with Gasteiger partial charge in [0.1, 0.15) is 23.9 Å². The molecule has 0 saturated carbocycles. The maximum Gasteiger partial charge on any atom is 0.224 e. The van der Waals surface area contributed by atoms with E-state index in [-0.39, 0.29) is 12.5 Å². The van der Waals surface area contributed by atoms with Crippen molar-refractivity contribution in [2.75, 3.05) is 25.2 Å². The fourth-order valence-corrected chi connectivity index (χ4v) is 4.21. The molecule has 0 bridgehead atoms. The fourth-order valence-electron chi connectivity index (χ4n) is 4.21. The summed E-state index contributed by atoms with van der Waals surface area (Å²) in [6.45, 7) is 2.92. The van der Waals surface area contributed by atoms with Crippen LogP contribution in [0.3, 0.4) is 0 Å². The van der Waals surface area contributed by atoms with Gasteiger partial charge in [-0.1, -0.05) is 66.7 Å². The Kier molecular flexibility index (Phi) is 9.48. The van der Waals surface area contributed by atoms with Gasteiger partial charge in [-0.2, -0.15) is 0 Å². The molecule has 0 unspecified atom stereocenters. The van der Waals surface area contributed by atoms with Crippen LogP contribution in [0.15, 0.2) is 97.1 Å². The van der Waals surface area contributed by atoms with Crippen LogP contribution in [0.4, 0.5) is 10.1 Å². The summed E-state index contributed by atoms with van der Waals surface area (Å²) in [5.41, 5.74) is 4.30. The summed E-state index contributed by atoms with van der Waals surface area (Å²) in [4.78, 5) is 14.5. The summed E-state index contributed by atoms with van der Waals surface area (Å²) in [7, 11) is 1.59. The minimum absolute atomic E-state index is 0.192. The molecule has 0 aliphatic heterocycles. The van der Waals surface area contributed by atoms with E-state index in [1.807, 2.05) is 78.9 Å². The van der Waals surface area contributed by atoms with Crippen LogP contribution in [0.1, 0.15) is 29.2 Å². The monoisotopic (exact) mass is 513 g/mol. The van der Waals surface area contributed by atoms with Crippen molar-refractivity contribution in [3.05, 3.63) is 125 Å². The molecule has 5 nitrogen and oxygen atoms in total. The van der Waals surface area contributed by atoms with Crippen LogP contribution in [0.5, 0.6) is 11.5 Å². The van der Waals surface area contributed by atoms with Crippen molar-refractivity contribution in [1.29, 1.82) is 0 Å². The standard InChI is InChI=1S/C32H32FNO4/c1-24(35)34(31-21-29(33)14-13-27(31)19-25-9-5-3-6-10-25)22-28-20-30(36-2)15-16-32(28)38-18-17-37-23-26-11-7-4-8-12-26/h3-16,20-21H,17-19,22-23H2,1-2H3. The molecule has 0 aromatic heterocycles. The topological polar surface area (TPSA) is 48.0 Å². The van der Waals surface area contributed by atoms with Crippen LogP contribution in [-0.2, 0) is 29.1 Å². The molecule has 38 heavy (non-hydrogen) atoms. The Hall–Kier alpha value is -4.16. The minimum atomic E-state index is -0.402. The second-order valence-corrected chi connectivity index (χ2v) is 8.90. The van der Waals surface area contributed by atoms with E-state index in [4.69, 9.17) is 14.2 Å². The minimum Gasteiger partial charge on any atom is -0.497 e. The Labute approximate surface area is 223 Å². The van der Waals surface area contributed by atoms with Crippen molar-refractivity contribution in [3.8, 4) is 11.5 Å². The first-order valence-electron chi connectivity index (χ1n) is 12.6. The normalized spacial score (nSPS) is 10.7. The van der Waals surface area contributed by atoms with Gasteiger partial charge >= 0.3 is 0 Å². The average Bonchev–Trinajstić information content (AvgIpc) is 2.94. The third kappa shape index (κ3) is 7.43. The van der Waals surface area contributed by atoms with Crippen LogP contribution in [-0.4, -0.2) is 26.2 Å².